The summed E-state index contributed by atoms with van der Waals surface area (Å²) in [4.78, 5) is 13.3. The third-order valence-corrected chi connectivity index (χ3v) is 3.26. The summed E-state index contributed by atoms with van der Waals surface area (Å²) in [6, 6.07) is 6.12. The summed E-state index contributed by atoms with van der Waals surface area (Å²) in [6.07, 6.45) is 6.91. The van der Waals surface area contributed by atoms with Crippen LogP contribution >= 0.6 is 0 Å². The normalized spacial score (nSPS) is 14.4. The molecule has 1 saturated carbocycles. The number of hydrogen-bond donors (Lipinski definition) is 1. The predicted octanol–water partition coefficient (Wildman–Crippen LogP) is 2.77. The maximum Gasteiger partial charge on any atom is 0.135 e. The molecule has 2 aromatic heterocycles. The Labute approximate surface area is 113 Å². The summed E-state index contributed by atoms with van der Waals surface area (Å²) in [5, 5.41) is 3.29. The van der Waals surface area contributed by atoms with Gasteiger partial charge in [0, 0.05) is 43.0 Å². The Kier molecular flexibility index (Phi) is 3.40. The Morgan fingerprint density at radius 3 is 2.68 bits per heavy atom. The highest BCUT2D eigenvalue weighted by Gasteiger charge is 2.26. The second kappa shape index (κ2) is 5.34. The quantitative estimate of drug-likeness (QED) is 0.891. The molecule has 2 aromatic rings. The molecule has 98 valence electrons. The van der Waals surface area contributed by atoms with E-state index in [0.717, 1.165) is 24.6 Å². The van der Waals surface area contributed by atoms with E-state index in [9.17, 15) is 0 Å². The topological polar surface area (TPSA) is 50.7 Å². The van der Waals surface area contributed by atoms with Crippen molar-refractivity contribution in [2.24, 2.45) is 0 Å². The van der Waals surface area contributed by atoms with Crippen molar-refractivity contribution < 1.29 is 0 Å². The molecule has 0 atom stereocenters. The Bertz CT molecular complexity index is 549. The van der Waals surface area contributed by atoms with Gasteiger partial charge in [0.1, 0.15) is 11.6 Å². The van der Waals surface area contributed by atoms with E-state index in [1.165, 1.54) is 24.1 Å². The van der Waals surface area contributed by atoms with Gasteiger partial charge in [-0.1, -0.05) is 0 Å². The molecule has 0 aromatic carbocycles. The molecule has 1 aliphatic carbocycles. The maximum atomic E-state index is 4.70. The number of hydrogen-bond acceptors (Lipinski definition) is 4. The molecule has 19 heavy (non-hydrogen) atoms. The molecule has 1 fully saturated rings. The molecule has 1 aliphatic rings. The van der Waals surface area contributed by atoms with Crippen LogP contribution in [0.1, 0.15) is 42.8 Å². The summed E-state index contributed by atoms with van der Waals surface area (Å²) in [5.74, 6) is 2.49. The largest absolute Gasteiger partial charge is 0.370 e. The molecule has 0 amide bonds. The number of anilines is 1. The predicted molar refractivity (Wildman–Crippen MR) is 75.2 cm³/mol. The van der Waals surface area contributed by atoms with Crippen LogP contribution in [0.3, 0.4) is 0 Å². The second-order valence-corrected chi connectivity index (χ2v) is 4.93. The molecule has 0 saturated heterocycles. The minimum atomic E-state index is 0.650. The Hall–Kier alpha value is -1.97. The van der Waals surface area contributed by atoms with Crippen LogP contribution in [0.25, 0.3) is 0 Å². The zero-order valence-electron chi connectivity index (χ0n) is 11.1. The van der Waals surface area contributed by atoms with Crippen molar-refractivity contribution in [1.29, 1.82) is 0 Å². The standard InChI is InChI=1S/C15H18N4/c1-2-17-14-10-13(12-3-4-12)18-15(19-14)9-11-5-7-16-8-6-11/h5-8,10,12H,2-4,9H2,1H3,(H,17,18,19). The lowest BCUT2D eigenvalue weighted by Crippen LogP contribution is -2.06. The van der Waals surface area contributed by atoms with Crippen molar-refractivity contribution in [1.82, 2.24) is 15.0 Å². The van der Waals surface area contributed by atoms with Crippen molar-refractivity contribution >= 4 is 5.82 Å². The van der Waals surface area contributed by atoms with Crippen LogP contribution in [0.5, 0.6) is 0 Å². The maximum absolute atomic E-state index is 4.70. The first-order chi connectivity index (χ1) is 9.35. The molecule has 0 bridgehead atoms. The minimum absolute atomic E-state index is 0.650. The van der Waals surface area contributed by atoms with Crippen LogP contribution < -0.4 is 5.32 Å². The van der Waals surface area contributed by atoms with Crippen LogP contribution in [0.4, 0.5) is 5.82 Å². The van der Waals surface area contributed by atoms with Crippen LogP contribution in [0.15, 0.2) is 30.6 Å². The first-order valence-electron chi connectivity index (χ1n) is 6.86. The number of aromatic nitrogens is 3. The SMILES string of the molecule is CCNc1cc(C2CC2)nc(Cc2ccncc2)n1. The van der Waals surface area contributed by atoms with Crippen LogP contribution in [0.2, 0.25) is 0 Å². The zero-order chi connectivity index (χ0) is 13.1. The molecular weight excluding hydrogens is 236 g/mol. The van der Waals surface area contributed by atoms with Gasteiger partial charge in [0.15, 0.2) is 0 Å². The lowest BCUT2D eigenvalue weighted by atomic mass is 10.2. The summed E-state index contributed by atoms with van der Waals surface area (Å²) >= 11 is 0. The molecule has 2 heterocycles. The van der Waals surface area contributed by atoms with Gasteiger partial charge in [0.25, 0.3) is 0 Å². The molecule has 0 aliphatic heterocycles. The van der Waals surface area contributed by atoms with Gasteiger partial charge in [-0.05, 0) is 37.5 Å². The van der Waals surface area contributed by atoms with Crippen molar-refractivity contribution in [2.45, 2.75) is 32.1 Å². The highest BCUT2D eigenvalue weighted by molar-refractivity contribution is 5.38. The van der Waals surface area contributed by atoms with E-state index < -0.39 is 0 Å². The summed E-state index contributed by atoms with van der Waals surface area (Å²) < 4.78 is 0. The van der Waals surface area contributed by atoms with Crippen LogP contribution in [-0.4, -0.2) is 21.5 Å². The lowest BCUT2D eigenvalue weighted by molar-refractivity contribution is 0.896. The fraction of sp³-hybridized carbons (Fsp3) is 0.400. The van der Waals surface area contributed by atoms with Gasteiger partial charge in [-0.15, -0.1) is 0 Å². The molecule has 1 N–H and O–H groups in total. The van der Waals surface area contributed by atoms with Crippen molar-refractivity contribution in [3.63, 3.8) is 0 Å². The molecule has 3 rings (SSSR count). The zero-order valence-corrected chi connectivity index (χ0v) is 11.1. The van der Waals surface area contributed by atoms with Crippen molar-refractivity contribution in [3.8, 4) is 0 Å². The first-order valence-corrected chi connectivity index (χ1v) is 6.86. The molecule has 0 radical (unpaired) electrons. The molecule has 0 spiro atoms. The average Bonchev–Trinajstić information content (AvgIpc) is 3.24. The number of nitrogens with zero attached hydrogens (tertiary/aromatic N) is 3. The first kappa shape index (κ1) is 12.1. The average molecular weight is 254 g/mol. The summed E-state index contributed by atoms with van der Waals surface area (Å²) in [5.41, 5.74) is 2.39. The van der Waals surface area contributed by atoms with Crippen LogP contribution in [0, 0.1) is 0 Å². The number of nitrogens with one attached hydrogen (secondary N) is 1. The number of rotatable bonds is 5. The molecule has 0 unspecified atom stereocenters. The third kappa shape index (κ3) is 3.08. The van der Waals surface area contributed by atoms with Crippen LogP contribution in [-0.2, 0) is 6.42 Å². The highest BCUT2D eigenvalue weighted by Crippen LogP contribution is 2.39. The monoisotopic (exact) mass is 254 g/mol. The van der Waals surface area contributed by atoms with Gasteiger partial charge in [0.05, 0.1) is 0 Å². The summed E-state index contributed by atoms with van der Waals surface area (Å²) in [6.45, 7) is 2.97. The Morgan fingerprint density at radius 2 is 2.00 bits per heavy atom. The van der Waals surface area contributed by atoms with Gasteiger partial charge in [0.2, 0.25) is 0 Å². The van der Waals surface area contributed by atoms with E-state index in [1.807, 2.05) is 24.5 Å². The second-order valence-electron chi connectivity index (χ2n) is 4.93. The highest BCUT2D eigenvalue weighted by atomic mass is 15.0. The van der Waals surface area contributed by atoms with E-state index in [-0.39, 0.29) is 0 Å². The van der Waals surface area contributed by atoms with E-state index in [1.54, 1.807) is 0 Å². The van der Waals surface area contributed by atoms with E-state index in [2.05, 4.69) is 28.3 Å². The molecular formula is C15H18N4. The number of pyridine rings is 1. The minimum Gasteiger partial charge on any atom is -0.370 e. The van der Waals surface area contributed by atoms with E-state index >= 15 is 0 Å². The fourth-order valence-electron chi connectivity index (χ4n) is 2.14. The third-order valence-electron chi connectivity index (χ3n) is 3.26. The molecule has 4 nitrogen and oxygen atoms in total. The lowest BCUT2D eigenvalue weighted by Gasteiger charge is -2.08. The van der Waals surface area contributed by atoms with E-state index in [4.69, 9.17) is 4.98 Å². The van der Waals surface area contributed by atoms with Gasteiger partial charge >= 0.3 is 0 Å². The van der Waals surface area contributed by atoms with Gasteiger partial charge in [-0.25, -0.2) is 9.97 Å². The Balaban J connectivity index is 1.86. The van der Waals surface area contributed by atoms with Gasteiger partial charge < -0.3 is 5.32 Å². The van der Waals surface area contributed by atoms with Crippen molar-refractivity contribution in [2.75, 3.05) is 11.9 Å². The Morgan fingerprint density at radius 1 is 1.21 bits per heavy atom. The van der Waals surface area contributed by atoms with E-state index in [0.29, 0.717) is 5.92 Å². The smallest absolute Gasteiger partial charge is 0.135 e. The van der Waals surface area contributed by atoms with Gasteiger partial charge in [-0.3, -0.25) is 4.98 Å². The fourth-order valence-corrected chi connectivity index (χ4v) is 2.14. The van der Waals surface area contributed by atoms with Crippen molar-refractivity contribution in [3.05, 3.63) is 47.7 Å². The molecule has 4 heteroatoms. The summed E-state index contributed by atoms with van der Waals surface area (Å²) in [7, 11) is 0. The van der Waals surface area contributed by atoms with Gasteiger partial charge in [-0.2, -0.15) is 0 Å².